The Morgan fingerprint density at radius 2 is 1.75 bits per heavy atom. The van der Waals surface area contributed by atoms with Crippen molar-refractivity contribution in [2.45, 2.75) is 24.3 Å². The molecule has 0 fully saturated rings. The molecule has 0 unspecified atom stereocenters. The van der Waals surface area contributed by atoms with Gasteiger partial charge in [-0.2, -0.15) is 0 Å². The maximum absolute atomic E-state index is 9.73. The zero-order chi connectivity index (χ0) is 11.6. The molecule has 0 amide bonds. The van der Waals surface area contributed by atoms with Gasteiger partial charge in [-0.15, -0.1) is 11.8 Å². The first kappa shape index (κ1) is 11.5. The summed E-state index contributed by atoms with van der Waals surface area (Å²) in [5.74, 6) is 0.709. The van der Waals surface area contributed by atoms with Gasteiger partial charge in [-0.1, -0.05) is 36.4 Å². The van der Waals surface area contributed by atoms with Crippen LogP contribution in [0.5, 0.6) is 0 Å². The second kappa shape index (κ2) is 4.48. The molecular weight excluding hydrogens is 216 g/mol. The summed E-state index contributed by atoms with van der Waals surface area (Å²) in [6, 6.07) is 14.6. The van der Waals surface area contributed by atoms with E-state index in [0.717, 1.165) is 0 Å². The van der Waals surface area contributed by atoms with Gasteiger partial charge >= 0.3 is 0 Å². The smallest absolute Gasteiger partial charge is 0.0685 e. The highest BCUT2D eigenvalue weighted by Crippen LogP contribution is 2.29. The summed E-state index contributed by atoms with van der Waals surface area (Å²) in [6.45, 7) is 3.68. The number of benzene rings is 2. The number of hydrogen-bond donors (Lipinski definition) is 1. The Balaban J connectivity index is 2.30. The van der Waals surface area contributed by atoms with Crippen LogP contribution in [0.3, 0.4) is 0 Å². The lowest BCUT2D eigenvalue weighted by molar-refractivity contribution is 0.107. The molecule has 2 aromatic rings. The van der Waals surface area contributed by atoms with Gasteiger partial charge in [-0.25, -0.2) is 0 Å². The van der Waals surface area contributed by atoms with E-state index in [9.17, 15) is 5.11 Å². The van der Waals surface area contributed by atoms with E-state index >= 15 is 0 Å². The van der Waals surface area contributed by atoms with Crippen LogP contribution in [-0.4, -0.2) is 16.5 Å². The van der Waals surface area contributed by atoms with Crippen LogP contribution in [0.2, 0.25) is 0 Å². The number of hydrogen-bond acceptors (Lipinski definition) is 2. The highest BCUT2D eigenvalue weighted by Gasteiger charge is 2.13. The van der Waals surface area contributed by atoms with Crippen LogP contribution in [0.4, 0.5) is 0 Å². The minimum atomic E-state index is -0.623. The molecule has 0 aromatic heterocycles. The minimum absolute atomic E-state index is 0.623. The fourth-order valence-corrected chi connectivity index (χ4v) is 2.60. The second-order valence-corrected chi connectivity index (χ2v) is 5.60. The van der Waals surface area contributed by atoms with Crippen molar-refractivity contribution in [3.63, 3.8) is 0 Å². The molecule has 2 heteroatoms. The summed E-state index contributed by atoms with van der Waals surface area (Å²) in [4.78, 5) is 1.24. The van der Waals surface area contributed by atoms with Crippen LogP contribution < -0.4 is 0 Å². The minimum Gasteiger partial charge on any atom is -0.390 e. The molecular formula is C14H16OS. The fraction of sp³-hybridized carbons (Fsp3) is 0.286. The quantitative estimate of drug-likeness (QED) is 0.814. The molecule has 2 aromatic carbocycles. The molecule has 2 rings (SSSR count). The summed E-state index contributed by atoms with van der Waals surface area (Å²) < 4.78 is 0. The van der Waals surface area contributed by atoms with Gasteiger partial charge in [0.15, 0.2) is 0 Å². The first-order valence-corrected chi connectivity index (χ1v) is 6.38. The topological polar surface area (TPSA) is 20.2 Å². The summed E-state index contributed by atoms with van der Waals surface area (Å²) >= 11 is 1.71. The van der Waals surface area contributed by atoms with E-state index in [-0.39, 0.29) is 0 Å². The van der Waals surface area contributed by atoms with E-state index < -0.39 is 5.60 Å². The van der Waals surface area contributed by atoms with Crippen molar-refractivity contribution in [3.05, 3.63) is 42.5 Å². The number of fused-ring (bicyclic) bond motifs is 1. The largest absolute Gasteiger partial charge is 0.390 e. The Morgan fingerprint density at radius 1 is 1.06 bits per heavy atom. The molecule has 1 N–H and O–H groups in total. The first-order chi connectivity index (χ1) is 7.56. The summed E-state index contributed by atoms with van der Waals surface area (Å²) in [7, 11) is 0. The van der Waals surface area contributed by atoms with E-state index in [2.05, 4.69) is 36.4 Å². The van der Waals surface area contributed by atoms with E-state index in [0.29, 0.717) is 5.75 Å². The van der Waals surface area contributed by atoms with E-state index in [1.54, 1.807) is 11.8 Å². The number of aliphatic hydroxyl groups is 1. The molecule has 0 aliphatic carbocycles. The Labute approximate surface area is 100 Å². The fourth-order valence-electron chi connectivity index (χ4n) is 1.58. The van der Waals surface area contributed by atoms with Crippen molar-refractivity contribution in [1.82, 2.24) is 0 Å². The van der Waals surface area contributed by atoms with E-state index in [1.165, 1.54) is 15.7 Å². The first-order valence-electron chi connectivity index (χ1n) is 5.39. The lowest BCUT2D eigenvalue weighted by Gasteiger charge is -2.16. The predicted molar refractivity (Wildman–Crippen MR) is 71.0 cm³/mol. The van der Waals surface area contributed by atoms with Gasteiger partial charge in [0.1, 0.15) is 0 Å². The van der Waals surface area contributed by atoms with E-state index in [1.807, 2.05) is 19.9 Å². The Bertz CT molecular complexity index is 480. The molecule has 0 spiro atoms. The summed E-state index contributed by atoms with van der Waals surface area (Å²) in [6.07, 6.45) is 0. The maximum atomic E-state index is 9.73. The van der Waals surface area contributed by atoms with Gasteiger partial charge in [0.05, 0.1) is 5.60 Å². The molecule has 16 heavy (non-hydrogen) atoms. The third kappa shape index (κ3) is 2.77. The normalized spacial score (nSPS) is 11.9. The van der Waals surface area contributed by atoms with Crippen molar-refractivity contribution < 1.29 is 5.11 Å². The monoisotopic (exact) mass is 232 g/mol. The standard InChI is InChI=1S/C14H16OS/c1-14(2,15)10-16-13-9-5-7-11-6-3-4-8-12(11)13/h3-9,15H,10H2,1-2H3. The van der Waals surface area contributed by atoms with Crippen LogP contribution in [-0.2, 0) is 0 Å². The summed E-state index contributed by atoms with van der Waals surface area (Å²) in [5.41, 5.74) is -0.623. The van der Waals surface area contributed by atoms with Crippen molar-refractivity contribution in [2.24, 2.45) is 0 Å². The van der Waals surface area contributed by atoms with Gasteiger partial charge in [0, 0.05) is 10.6 Å². The Kier molecular flexibility index (Phi) is 3.22. The van der Waals surface area contributed by atoms with Crippen molar-refractivity contribution in [3.8, 4) is 0 Å². The van der Waals surface area contributed by atoms with Crippen LogP contribution in [0, 0.1) is 0 Å². The number of rotatable bonds is 3. The summed E-state index contributed by atoms with van der Waals surface area (Å²) in [5, 5.41) is 12.2. The molecule has 0 radical (unpaired) electrons. The third-order valence-corrected chi connectivity index (χ3v) is 3.85. The molecule has 0 saturated heterocycles. The average molecular weight is 232 g/mol. The van der Waals surface area contributed by atoms with Crippen molar-refractivity contribution in [2.75, 3.05) is 5.75 Å². The molecule has 0 saturated carbocycles. The van der Waals surface area contributed by atoms with E-state index in [4.69, 9.17) is 0 Å². The van der Waals surface area contributed by atoms with Crippen LogP contribution in [0.1, 0.15) is 13.8 Å². The number of thioether (sulfide) groups is 1. The molecule has 0 atom stereocenters. The lowest BCUT2D eigenvalue weighted by Crippen LogP contribution is -2.21. The third-order valence-electron chi connectivity index (χ3n) is 2.33. The zero-order valence-corrected chi connectivity index (χ0v) is 10.4. The highest BCUT2D eigenvalue weighted by atomic mass is 32.2. The zero-order valence-electron chi connectivity index (χ0n) is 9.60. The van der Waals surface area contributed by atoms with Gasteiger partial charge in [-0.05, 0) is 30.7 Å². The molecule has 84 valence electrons. The van der Waals surface area contributed by atoms with Crippen LogP contribution in [0.25, 0.3) is 10.8 Å². The van der Waals surface area contributed by atoms with Gasteiger partial charge < -0.3 is 5.11 Å². The molecule has 0 aliphatic rings. The van der Waals surface area contributed by atoms with Crippen LogP contribution >= 0.6 is 11.8 Å². The molecule has 0 bridgehead atoms. The van der Waals surface area contributed by atoms with Gasteiger partial charge in [0.25, 0.3) is 0 Å². The Morgan fingerprint density at radius 3 is 2.50 bits per heavy atom. The van der Waals surface area contributed by atoms with Gasteiger partial charge in [-0.3, -0.25) is 0 Å². The SMILES string of the molecule is CC(C)(O)CSc1cccc2ccccc12. The van der Waals surface area contributed by atoms with Crippen LogP contribution in [0.15, 0.2) is 47.4 Å². The second-order valence-electron chi connectivity index (χ2n) is 4.58. The lowest BCUT2D eigenvalue weighted by atomic mass is 10.1. The molecule has 0 heterocycles. The average Bonchev–Trinajstić information content (AvgIpc) is 2.25. The highest BCUT2D eigenvalue weighted by molar-refractivity contribution is 7.99. The Hall–Kier alpha value is -0.990. The van der Waals surface area contributed by atoms with Crippen molar-refractivity contribution in [1.29, 1.82) is 0 Å². The van der Waals surface area contributed by atoms with Crippen molar-refractivity contribution >= 4 is 22.5 Å². The molecule has 1 nitrogen and oxygen atoms in total. The van der Waals surface area contributed by atoms with Gasteiger partial charge in [0.2, 0.25) is 0 Å². The predicted octanol–water partition coefficient (Wildman–Crippen LogP) is 3.70. The maximum Gasteiger partial charge on any atom is 0.0685 e. The molecule has 0 aliphatic heterocycles.